The Labute approximate surface area is 97.6 Å². The molecule has 17 heavy (non-hydrogen) atoms. The van der Waals surface area contributed by atoms with E-state index in [1.165, 1.54) is 13.0 Å². The van der Waals surface area contributed by atoms with Crippen molar-refractivity contribution in [2.75, 3.05) is 6.61 Å². The molecule has 0 unspecified atom stereocenters. The number of carbonyl (C=O) groups excluding carboxylic acids is 3. The molecule has 0 aliphatic rings. The van der Waals surface area contributed by atoms with Crippen LogP contribution in [0.3, 0.4) is 0 Å². The molecule has 1 N–H and O–H groups in total. The van der Waals surface area contributed by atoms with Crippen molar-refractivity contribution in [3.05, 3.63) is 23.8 Å². The molecule has 0 aromatic heterocycles. The van der Waals surface area contributed by atoms with E-state index in [0.29, 0.717) is 12.4 Å². The fourth-order valence-corrected chi connectivity index (χ4v) is 0.872. The molecule has 0 atom stereocenters. The monoisotopic (exact) mass is 240 g/mol. The van der Waals surface area contributed by atoms with Crippen molar-refractivity contribution in [1.29, 1.82) is 0 Å². The molecular weight excluding hydrogens is 228 g/mol. The highest BCUT2D eigenvalue weighted by Crippen LogP contribution is 2.00. The van der Waals surface area contributed by atoms with Crippen molar-refractivity contribution < 1.29 is 29.0 Å². The van der Waals surface area contributed by atoms with E-state index in [2.05, 4.69) is 4.74 Å². The summed E-state index contributed by atoms with van der Waals surface area (Å²) < 4.78 is 4.59. The highest BCUT2D eigenvalue weighted by molar-refractivity contribution is 5.95. The number of esters is 1. The zero-order valence-electron chi connectivity index (χ0n) is 9.21. The first kappa shape index (κ1) is 14.8. The molecule has 0 aliphatic carbocycles. The Bertz CT molecular complexity index is 377. The summed E-state index contributed by atoms with van der Waals surface area (Å²) in [5.74, 6) is -2.38. The lowest BCUT2D eigenvalue weighted by Crippen LogP contribution is -2.04. The molecule has 0 aromatic carbocycles. The first-order valence-electron chi connectivity index (χ1n) is 4.68. The predicted octanol–water partition coefficient (Wildman–Crippen LogP) is 0.275. The van der Waals surface area contributed by atoms with Crippen LogP contribution < -0.4 is 0 Å². The molecular formula is C11H12O6. The maximum atomic E-state index is 11.0. The third-order valence-corrected chi connectivity index (χ3v) is 1.67. The van der Waals surface area contributed by atoms with E-state index in [-0.39, 0.29) is 24.4 Å². The minimum absolute atomic E-state index is 0.0438. The van der Waals surface area contributed by atoms with Crippen molar-refractivity contribution in [3.63, 3.8) is 0 Å². The molecule has 0 spiro atoms. The summed E-state index contributed by atoms with van der Waals surface area (Å²) in [6.07, 6.45) is 3.23. The molecule has 92 valence electrons. The number of hydrogen-bond donors (Lipinski definition) is 1. The number of carboxylic acid groups (broad SMARTS) is 1. The van der Waals surface area contributed by atoms with Gasteiger partial charge in [-0.3, -0.25) is 4.79 Å². The van der Waals surface area contributed by atoms with Crippen molar-refractivity contribution in [2.45, 2.75) is 13.3 Å². The van der Waals surface area contributed by atoms with Gasteiger partial charge in [0.15, 0.2) is 5.78 Å². The van der Waals surface area contributed by atoms with Crippen LogP contribution in [0.15, 0.2) is 23.8 Å². The maximum absolute atomic E-state index is 11.0. The highest BCUT2D eigenvalue weighted by atomic mass is 16.5. The second-order valence-electron chi connectivity index (χ2n) is 2.96. The normalized spacial score (nSPS) is 11.2. The lowest BCUT2D eigenvalue weighted by Gasteiger charge is -1.99. The molecule has 0 bridgehead atoms. The van der Waals surface area contributed by atoms with Crippen LogP contribution in [0.4, 0.5) is 0 Å². The number of rotatable bonds is 7. The first-order valence-corrected chi connectivity index (χ1v) is 4.68. The molecule has 0 saturated carbocycles. The number of hydrogen-bond acceptors (Lipinski definition) is 5. The van der Waals surface area contributed by atoms with Crippen molar-refractivity contribution in [2.24, 2.45) is 0 Å². The van der Waals surface area contributed by atoms with Crippen molar-refractivity contribution in [1.82, 2.24) is 0 Å². The van der Waals surface area contributed by atoms with Gasteiger partial charge in [-0.15, -0.1) is 0 Å². The van der Waals surface area contributed by atoms with Crippen LogP contribution in [-0.2, 0) is 23.9 Å². The van der Waals surface area contributed by atoms with Gasteiger partial charge >= 0.3 is 11.9 Å². The van der Waals surface area contributed by atoms with Gasteiger partial charge in [0.1, 0.15) is 12.9 Å². The van der Waals surface area contributed by atoms with E-state index >= 15 is 0 Å². The van der Waals surface area contributed by atoms with Gasteiger partial charge in [0.2, 0.25) is 0 Å². The number of Topliss-reactive ketones (excluding diaryl/α,β-unsaturated/α-hetero) is 1. The molecule has 6 nitrogen and oxygen atoms in total. The van der Waals surface area contributed by atoms with Crippen LogP contribution in [0.2, 0.25) is 0 Å². The largest absolute Gasteiger partial charge is 0.478 e. The summed E-state index contributed by atoms with van der Waals surface area (Å²) in [6.45, 7) is 1.10. The Morgan fingerprint density at radius 3 is 2.35 bits per heavy atom. The topological polar surface area (TPSA) is 97.7 Å². The quantitative estimate of drug-likeness (QED) is 0.390. The van der Waals surface area contributed by atoms with Crippen LogP contribution in [-0.4, -0.2) is 35.7 Å². The van der Waals surface area contributed by atoms with Gasteiger partial charge in [-0.2, -0.15) is 0 Å². The number of carbonyl (C=O) groups is 4. The van der Waals surface area contributed by atoms with Gasteiger partial charge in [-0.05, 0) is 13.0 Å². The van der Waals surface area contributed by atoms with E-state index in [9.17, 15) is 19.2 Å². The van der Waals surface area contributed by atoms with Gasteiger partial charge in [-0.1, -0.05) is 0 Å². The second kappa shape index (κ2) is 7.98. The van der Waals surface area contributed by atoms with Crippen LogP contribution in [0.5, 0.6) is 0 Å². The standard InChI is InChI=1S/C11H12O6/c1-8(13)9(4-6-12)5-7-17-11(16)3-2-10(14)15/h2-3,5-6H,4,7H2,1H3,(H,14,15). The number of carboxylic acids is 1. The Morgan fingerprint density at radius 2 is 1.88 bits per heavy atom. The summed E-state index contributed by atoms with van der Waals surface area (Å²) in [5, 5.41) is 8.23. The Hall–Kier alpha value is -2.24. The summed E-state index contributed by atoms with van der Waals surface area (Å²) in [6, 6.07) is 0. The summed E-state index contributed by atoms with van der Waals surface area (Å²) >= 11 is 0. The van der Waals surface area contributed by atoms with Crippen LogP contribution >= 0.6 is 0 Å². The average Bonchev–Trinajstić information content (AvgIpc) is 2.25. The fourth-order valence-electron chi connectivity index (χ4n) is 0.872. The van der Waals surface area contributed by atoms with E-state index in [4.69, 9.17) is 5.11 Å². The van der Waals surface area contributed by atoms with Crippen LogP contribution in [0.25, 0.3) is 0 Å². The van der Waals surface area contributed by atoms with Crippen LogP contribution in [0, 0.1) is 0 Å². The molecule has 0 radical (unpaired) electrons. The Balaban J connectivity index is 4.23. The molecule has 0 heterocycles. The molecule has 0 aromatic rings. The van der Waals surface area contributed by atoms with Gasteiger partial charge in [-0.25, -0.2) is 9.59 Å². The number of ether oxygens (including phenoxy) is 1. The van der Waals surface area contributed by atoms with Crippen molar-refractivity contribution in [3.8, 4) is 0 Å². The van der Waals surface area contributed by atoms with Gasteiger partial charge in [0, 0.05) is 24.1 Å². The zero-order valence-corrected chi connectivity index (χ0v) is 9.21. The number of aldehydes is 1. The predicted molar refractivity (Wildman–Crippen MR) is 57.2 cm³/mol. The Morgan fingerprint density at radius 1 is 1.24 bits per heavy atom. The van der Waals surface area contributed by atoms with E-state index in [1.807, 2.05) is 0 Å². The summed E-state index contributed by atoms with van der Waals surface area (Å²) in [5.41, 5.74) is 0.245. The lowest BCUT2D eigenvalue weighted by atomic mass is 10.1. The molecule has 0 amide bonds. The van der Waals surface area contributed by atoms with E-state index < -0.39 is 11.9 Å². The minimum Gasteiger partial charge on any atom is -0.478 e. The highest BCUT2D eigenvalue weighted by Gasteiger charge is 2.03. The molecule has 0 rings (SSSR count). The summed E-state index contributed by atoms with van der Waals surface area (Å²) in [7, 11) is 0. The zero-order chi connectivity index (χ0) is 13.3. The second-order valence-corrected chi connectivity index (χ2v) is 2.96. The average molecular weight is 240 g/mol. The molecule has 0 saturated heterocycles. The Kier molecular flexibility index (Phi) is 6.92. The third-order valence-electron chi connectivity index (χ3n) is 1.67. The molecule has 0 fully saturated rings. The number of ketones is 1. The summed E-state index contributed by atoms with van der Waals surface area (Å²) in [4.78, 5) is 42.2. The third kappa shape index (κ3) is 7.66. The number of allylic oxidation sites excluding steroid dienone is 1. The van der Waals surface area contributed by atoms with E-state index in [0.717, 1.165) is 6.08 Å². The van der Waals surface area contributed by atoms with Gasteiger partial charge < -0.3 is 14.6 Å². The molecule has 0 aliphatic heterocycles. The number of aliphatic carboxylic acids is 1. The van der Waals surface area contributed by atoms with Crippen LogP contribution in [0.1, 0.15) is 13.3 Å². The van der Waals surface area contributed by atoms with Crippen molar-refractivity contribution >= 4 is 24.0 Å². The minimum atomic E-state index is -1.26. The fraction of sp³-hybridized carbons (Fsp3) is 0.273. The SMILES string of the molecule is CC(=O)C(=CCOC(=O)C=CC(=O)O)CC=O. The smallest absolute Gasteiger partial charge is 0.331 e. The van der Waals surface area contributed by atoms with Gasteiger partial charge in [0.05, 0.1) is 0 Å². The van der Waals surface area contributed by atoms with Gasteiger partial charge in [0.25, 0.3) is 0 Å². The maximum Gasteiger partial charge on any atom is 0.331 e. The van der Waals surface area contributed by atoms with E-state index in [1.54, 1.807) is 0 Å². The molecule has 6 heteroatoms. The lowest BCUT2D eigenvalue weighted by molar-refractivity contribution is -0.137. The first-order chi connectivity index (χ1) is 7.97.